The van der Waals surface area contributed by atoms with E-state index >= 15 is 0 Å². The molecule has 0 unspecified atom stereocenters. The van der Waals surface area contributed by atoms with Crippen molar-refractivity contribution in [3.63, 3.8) is 0 Å². The lowest BCUT2D eigenvalue weighted by atomic mass is 10.2. The number of amides is 1. The number of imidazole rings is 1. The zero-order valence-corrected chi connectivity index (χ0v) is 16.3. The van der Waals surface area contributed by atoms with E-state index in [4.69, 9.17) is 9.26 Å². The minimum absolute atomic E-state index is 0.0310. The first kappa shape index (κ1) is 18.2. The molecule has 1 amide bonds. The molecule has 2 aromatic heterocycles. The number of nitrogens with zero attached hydrogens (tertiary/aromatic N) is 4. The van der Waals surface area contributed by atoms with E-state index in [9.17, 15) is 9.59 Å². The number of hydrogen-bond donors (Lipinski definition) is 1. The van der Waals surface area contributed by atoms with Gasteiger partial charge in [0.25, 0.3) is 5.91 Å². The van der Waals surface area contributed by atoms with Crippen LogP contribution in [-0.2, 0) is 17.9 Å². The molecule has 0 fully saturated rings. The number of aromatic amines is 1. The van der Waals surface area contributed by atoms with Crippen molar-refractivity contribution >= 4 is 22.6 Å². The molecule has 30 heavy (non-hydrogen) atoms. The molecule has 9 nitrogen and oxygen atoms in total. The smallest absolute Gasteiger partial charge is 0.326 e. The third-order valence-electron chi connectivity index (χ3n) is 5.05. The summed E-state index contributed by atoms with van der Waals surface area (Å²) in [5.74, 6) is 1.17. The molecule has 1 aliphatic heterocycles. The van der Waals surface area contributed by atoms with Crippen LogP contribution in [0, 0.1) is 0 Å². The third-order valence-corrected chi connectivity index (χ3v) is 5.05. The average Bonchev–Trinajstić information content (AvgIpc) is 3.34. The number of fused-ring (bicyclic) bond motifs is 2. The summed E-state index contributed by atoms with van der Waals surface area (Å²) in [6.45, 7) is 2.80. The van der Waals surface area contributed by atoms with Crippen molar-refractivity contribution in [2.45, 2.75) is 26.4 Å². The Balaban J connectivity index is 1.44. The number of nitrogens with one attached hydrogen (secondary N) is 1. The van der Waals surface area contributed by atoms with Gasteiger partial charge in [-0.3, -0.25) is 14.3 Å². The Kier molecular flexibility index (Phi) is 4.35. The van der Waals surface area contributed by atoms with Gasteiger partial charge in [-0.05, 0) is 36.8 Å². The van der Waals surface area contributed by atoms with Crippen LogP contribution in [0.5, 0.6) is 5.75 Å². The molecular formula is C21H19N5O4. The van der Waals surface area contributed by atoms with Gasteiger partial charge in [0.05, 0.1) is 16.7 Å². The minimum Gasteiger partial charge on any atom is -0.482 e. The summed E-state index contributed by atoms with van der Waals surface area (Å²) in [5.41, 5.74) is 2.81. The predicted molar refractivity (Wildman–Crippen MR) is 109 cm³/mol. The second-order valence-electron chi connectivity index (χ2n) is 7.06. The van der Waals surface area contributed by atoms with E-state index in [0.717, 1.165) is 23.0 Å². The number of para-hydroxylation sites is 2. The Morgan fingerprint density at radius 1 is 1.17 bits per heavy atom. The number of carbonyl (C=O) groups excluding carboxylic acids is 1. The van der Waals surface area contributed by atoms with Gasteiger partial charge >= 0.3 is 5.69 Å². The van der Waals surface area contributed by atoms with Crippen LogP contribution in [0.1, 0.15) is 19.2 Å². The number of benzene rings is 2. The summed E-state index contributed by atoms with van der Waals surface area (Å²) in [4.78, 5) is 33.4. The van der Waals surface area contributed by atoms with Crippen LogP contribution in [-0.4, -0.2) is 32.2 Å². The highest BCUT2D eigenvalue weighted by Crippen LogP contribution is 2.32. The van der Waals surface area contributed by atoms with Crippen LogP contribution < -0.4 is 15.3 Å². The molecule has 2 aromatic carbocycles. The fourth-order valence-corrected chi connectivity index (χ4v) is 3.65. The fourth-order valence-electron chi connectivity index (χ4n) is 3.65. The van der Waals surface area contributed by atoms with Crippen LogP contribution in [0.15, 0.2) is 51.8 Å². The van der Waals surface area contributed by atoms with Crippen molar-refractivity contribution in [3.05, 3.63) is 58.8 Å². The van der Waals surface area contributed by atoms with Crippen molar-refractivity contribution in [3.8, 4) is 17.1 Å². The molecule has 1 N–H and O–H groups in total. The van der Waals surface area contributed by atoms with E-state index in [1.54, 1.807) is 9.47 Å². The molecule has 0 saturated carbocycles. The predicted octanol–water partition coefficient (Wildman–Crippen LogP) is 2.72. The molecule has 0 atom stereocenters. The molecule has 3 heterocycles. The monoisotopic (exact) mass is 405 g/mol. The Labute approximate surface area is 170 Å². The molecule has 9 heteroatoms. The highest BCUT2D eigenvalue weighted by Gasteiger charge is 2.27. The molecule has 0 radical (unpaired) electrons. The summed E-state index contributed by atoms with van der Waals surface area (Å²) in [6.07, 6.45) is 0.867. The number of hydrogen-bond acceptors (Lipinski definition) is 6. The molecule has 152 valence electrons. The second-order valence-corrected chi connectivity index (χ2v) is 7.06. The Morgan fingerprint density at radius 2 is 2.03 bits per heavy atom. The van der Waals surface area contributed by atoms with E-state index in [-0.39, 0.29) is 24.7 Å². The van der Waals surface area contributed by atoms with Crippen molar-refractivity contribution in [1.82, 2.24) is 19.7 Å². The van der Waals surface area contributed by atoms with Gasteiger partial charge in [-0.2, -0.15) is 4.98 Å². The van der Waals surface area contributed by atoms with Gasteiger partial charge < -0.3 is 14.2 Å². The average molecular weight is 405 g/mol. The van der Waals surface area contributed by atoms with Gasteiger partial charge in [-0.1, -0.05) is 24.2 Å². The number of aryl methyl sites for hydroxylation is 1. The number of H-pyrrole nitrogens is 1. The van der Waals surface area contributed by atoms with E-state index < -0.39 is 0 Å². The Morgan fingerprint density at radius 3 is 2.90 bits per heavy atom. The summed E-state index contributed by atoms with van der Waals surface area (Å²) in [5, 5.41) is 4.05. The van der Waals surface area contributed by atoms with E-state index in [2.05, 4.69) is 15.1 Å². The van der Waals surface area contributed by atoms with Gasteiger partial charge in [-0.15, -0.1) is 0 Å². The number of ether oxygens (including phenoxy) is 1. The quantitative estimate of drug-likeness (QED) is 0.547. The first-order chi connectivity index (χ1) is 14.6. The summed E-state index contributed by atoms with van der Waals surface area (Å²) >= 11 is 0. The molecule has 0 spiro atoms. The van der Waals surface area contributed by atoms with Gasteiger partial charge in [0.2, 0.25) is 11.7 Å². The molecule has 0 aliphatic carbocycles. The van der Waals surface area contributed by atoms with Gasteiger partial charge in [0.1, 0.15) is 12.3 Å². The first-order valence-corrected chi connectivity index (χ1v) is 9.72. The highest BCUT2D eigenvalue weighted by molar-refractivity contribution is 5.97. The summed E-state index contributed by atoms with van der Waals surface area (Å²) in [6, 6.07) is 12.9. The standard InChI is InChI=1S/C21H19N5O4/c1-2-9-25-15-8-7-13(10-14(15)22-21(25)28)20-23-18(30-24-20)11-26-16-5-3-4-6-17(16)29-12-19(26)27/h3-8,10H,2,9,11-12H2,1H3,(H,22,28). The fraction of sp³-hybridized carbons (Fsp3) is 0.238. The van der Waals surface area contributed by atoms with Crippen LogP contribution in [0.3, 0.4) is 0 Å². The van der Waals surface area contributed by atoms with Crippen LogP contribution >= 0.6 is 0 Å². The largest absolute Gasteiger partial charge is 0.482 e. The molecule has 0 bridgehead atoms. The summed E-state index contributed by atoms with van der Waals surface area (Å²) in [7, 11) is 0. The maximum Gasteiger partial charge on any atom is 0.326 e. The Bertz CT molecular complexity index is 1300. The zero-order chi connectivity index (χ0) is 20.7. The molecule has 0 saturated heterocycles. The van der Waals surface area contributed by atoms with Gasteiger partial charge in [-0.25, -0.2) is 4.79 Å². The molecule has 1 aliphatic rings. The van der Waals surface area contributed by atoms with Crippen LogP contribution in [0.25, 0.3) is 22.4 Å². The molecular weight excluding hydrogens is 386 g/mol. The molecule has 4 aromatic rings. The maximum atomic E-state index is 12.3. The van der Waals surface area contributed by atoms with Crippen molar-refractivity contribution in [2.24, 2.45) is 0 Å². The Hall–Kier alpha value is -3.88. The van der Waals surface area contributed by atoms with Gasteiger partial charge in [0, 0.05) is 12.1 Å². The number of carbonyl (C=O) groups is 1. The lowest BCUT2D eigenvalue weighted by Gasteiger charge is -2.27. The highest BCUT2D eigenvalue weighted by atomic mass is 16.5. The first-order valence-electron chi connectivity index (χ1n) is 9.72. The van der Waals surface area contributed by atoms with E-state index in [0.29, 0.717) is 29.7 Å². The maximum absolute atomic E-state index is 12.3. The number of aromatic nitrogens is 4. The SMILES string of the molecule is CCCn1c(=O)[nH]c2cc(-c3noc(CN4C(=O)COc5ccccc54)n3)ccc21. The lowest BCUT2D eigenvalue weighted by molar-refractivity contribution is -0.121. The van der Waals surface area contributed by atoms with E-state index in [1.807, 2.05) is 49.4 Å². The summed E-state index contributed by atoms with van der Waals surface area (Å²) < 4.78 is 12.6. The van der Waals surface area contributed by atoms with Crippen LogP contribution in [0.2, 0.25) is 0 Å². The van der Waals surface area contributed by atoms with Crippen molar-refractivity contribution in [1.29, 1.82) is 0 Å². The number of rotatable bonds is 5. The van der Waals surface area contributed by atoms with E-state index in [1.165, 1.54) is 0 Å². The normalized spacial score (nSPS) is 13.5. The van der Waals surface area contributed by atoms with Gasteiger partial charge in [0.15, 0.2) is 6.61 Å². The van der Waals surface area contributed by atoms with Crippen LogP contribution in [0.4, 0.5) is 5.69 Å². The second kappa shape index (κ2) is 7.18. The topological polar surface area (TPSA) is 106 Å². The lowest BCUT2D eigenvalue weighted by Crippen LogP contribution is -2.38. The van der Waals surface area contributed by atoms with Crippen molar-refractivity contribution in [2.75, 3.05) is 11.5 Å². The molecule has 5 rings (SSSR count). The van der Waals surface area contributed by atoms with Crippen molar-refractivity contribution < 1.29 is 14.1 Å². The zero-order valence-electron chi connectivity index (χ0n) is 16.3. The minimum atomic E-state index is -0.176. The third kappa shape index (κ3) is 3.04. The number of anilines is 1.